The predicted octanol–water partition coefficient (Wildman–Crippen LogP) is 5.24. The summed E-state index contributed by atoms with van der Waals surface area (Å²) in [5, 5.41) is 4.09. The van der Waals surface area contributed by atoms with Gasteiger partial charge in [0.05, 0.1) is 29.0 Å². The third-order valence-corrected chi connectivity index (χ3v) is 10.2. The van der Waals surface area contributed by atoms with Gasteiger partial charge in [-0.3, -0.25) is 9.59 Å². The van der Waals surface area contributed by atoms with Crippen molar-refractivity contribution in [2.45, 2.75) is 51.2 Å². The van der Waals surface area contributed by atoms with Gasteiger partial charge in [-0.1, -0.05) is 11.6 Å². The van der Waals surface area contributed by atoms with Gasteiger partial charge >= 0.3 is 0 Å². The number of imidazole rings is 1. The maximum Gasteiger partial charge on any atom is 0.254 e. The number of nitrogens with one attached hydrogen (secondary N) is 1. The zero-order valence-electron chi connectivity index (χ0n) is 26.0. The number of benzene rings is 1. The predicted molar refractivity (Wildman–Crippen MR) is 177 cm³/mol. The maximum atomic E-state index is 13.7. The molecule has 2 saturated carbocycles. The van der Waals surface area contributed by atoms with Gasteiger partial charge in [0.15, 0.2) is 5.82 Å². The van der Waals surface area contributed by atoms with E-state index >= 15 is 0 Å². The molecule has 46 heavy (non-hydrogen) atoms. The summed E-state index contributed by atoms with van der Waals surface area (Å²) < 4.78 is 10.1. The lowest BCUT2D eigenvalue weighted by atomic mass is 10.1. The molecule has 0 spiro atoms. The molecule has 12 heteroatoms. The number of aromatic nitrogens is 5. The Bertz CT molecular complexity index is 2060. The van der Waals surface area contributed by atoms with Gasteiger partial charge in [-0.15, -0.1) is 0 Å². The number of nitrogens with zero attached hydrogens (tertiary/aromatic N) is 6. The van der Waals surface area contributed by atoms with Gasteiger partial charge in [0.25, 0.3) is 5.91 Å². The van der Waals surface area contributed by atoms with E-state index in [4.69, 9.17) is 32.0 Å². The number of pyridine rings is 2. The molecule has 2 aliphatic carbocycles. The zero-order chi connectivity index (χ0) is 31.9. The van der Waals surface area contributed by atoms with Crippen LogP contribution in [0.5, 0.6) is 5.75 Å². The molecule has 236 valence electrons. The van der Waals surface area contributed by atoms with Crippen LogP contribution in [-0.4, -0.2) is 66.5 Å². The second-order valence-electron chi connectivity index (χ2n) is 12.9. The first-order valence-electron chi connectivity index (χ1n) is 15.7. The molecular formula is C34H35ClN8O3. The van der Waals surface area contributed by atoms with Crippen molar-refractivity contribution < 1.29 is 14.3 Å². The number of halogens is 1. The second kappa shape index (κ2) is 10.8. The minimum atomic E-state index is -0.216. The van der Waals surface area contributed by atoms with E-state index in [9.17, 15) is 9.59 Å². The van der Waals surface area contributed by atoms with E-state index in [0.717, 1.165) is 47.5 Å². The fourth-order valence-corrected chi connectivity index (χ4v) is 7.59. The number of likely N-dealkylation sites (tertiary alicyclic amines) is 1. The average molecular weight is 639 g/mol. The molecule has 2 bridgehead atoms. The smallest absolute Gasteiger partial charge is 0.254 e. The number of ether oxygens (including phenoxy) is 1. The number of amides is 2. The topological polar surface area (TPSA) is 133 Å². The Morgan fingerprint density at radius 2 is 1.93 bits per heavy atom. The molecule has 5 heterocycles. The lowest BCUT2D eigenvalue weighted by molar-refractivity contribution is -0.114. The fraction of sp³-hybridized carbons (Fsp3) is 0.382. The molecule has 8 rings (SSSR count). The zero-order valence-corrected chi connectivity index (χ0v) is 26.7. The molecule has 3 aliphatic rings. The Kier molecular flexibility index (Phi) is 6.80. The Hall–Kier alpha value is -4.48. The number of carbonyl (C=O) groups is 2. The van der Waals surface area contributed by atoms with Gasteiger partial charge in [-0.2, -0.15) is 0 Å². The second-order valence-corrected chi connectivity index (χ2v) is 13.3. The summed E-state index contributed by atoms with van der Waals surface area (Å²) in [5.74, 6) is 2.46. The van der Waals surface area contributed by atoms with Crippen LogP contribution in [0.3, 0.4) is 0 Å². The van der Waals surface area contributed by atoms with Crippen LogP contribution < -0.4 is 15.8 Å². The molecule has 1 aromatic carbocycles. The van der Waals surface area contributed by atoms with Crippen molar-refractivity contribution in [2.75, 3.05) is 19.0 Å². The van der Waals surface area contributed by atoms with E-state index in [1.807, 2.05) is 40.8 Å². The number of aryl methyl sites for hydroxylation is 1. The largest absolute Gasteiger partial charge is 0.494 e. The Morgan fingerprint density at radius 3 is 2.61 bits per heavy atom. The summed E-state index contributed by atoms with van der Waals surface area (Å²) in [5.41, 5.74) is 11.6. The summed E-state index contributed by atoms with van der Waals surface area (Å²) in [4.78, 5) is 41.7. The Morgan fingerprint density at radius 1 is 1.11 bits per heavy atom. The van der Waals surface area contributed by atoms with Crippen molar-refractivity contribution >= 4 is 51.3 Å². The molecule has 3 atom stereocenters. The van der Waals surface area contributed by atoms with Crippen molar-refractivity contribution in [3.8, 4) is 28.5 Å². The lowest BCUT2D eigenvalue weighted by Gasteiger charge is -2.27. The molecule has 5 aromatic rings. The third kappa shape index (κ3) is 4.72. The molecule has 1 saturated heterocycles. The van der Waals surface area contributed by atoms with Crippen LogP contribution in [-0.2, 0) is 18.4 Å². The lowest BCUT2D eigenvalue weighted by Crippen LogP contribution is -2.41. The Labute approximate surface area is 270 Å². The van der Waals surface area contributed by atoms with E-state index in [-0.39, 0.29) is 23.9 Å². The molecule has 11 nitrogen and oxygen atoms in total. The van der Waals surface area contributed by atoms with Crippen LogP contribution in [0.15, 0.2) is 42.6 Å². The highest BCUT2D eigenvalue weighted by molar-refractivity contribution is 6.33. The van der Waals surface area contributed by atoms with Gasteiger partial charge in [-0.05, 0) is 67.9 Å². The maximum absolute atomic E-state index is 13.7. The van der Waals surface area contributed by atoms with E-state index in [0.29, 0.717) is 57.3 Å². The molecule has 4 aromatic heterocycles. The summed E-state index contributed by atoms with van der Waals surface area (Å²) in [6.07, 6.45) is 6.01. The van der Waals surface area contributed by atoms with Crippen LogP contribution in [0.1, 0.15) is 43.0 Å². The molecule has 2 amide bonds. The van der Waals surface area contributed by atoms with E-state index in [2.05, 4.69) is 20.9 Å². The standard InChI is InChI=1S/C34H35ClN8O3/c1-17(44)38-29-13-23(35)22(14-37-29)24-8-6-19-11-27(42(32(19)39-24)15-18-4-5-18)33-40-25-10-21(12-28(46-3)31(25)41(33)2)34(45)43-16-20-7-9-26(43)30(20)36/h6,8,10-14,18,20,26,30H,4-5,7,9,15-16,36H2,1-3H3,(H,37,38,44). The number of methoxy groups -OCH3 is 1. The number of nitrogens with two attached hydrogens (primary N) is 1. The first-order chi connectivity index (χ1) is 22.2. The number of fused-ring (bicyclic) bond motifs is 4. The quantitative estimate of drug-likeness (QED) is 0.249. The monoisotopic (exact) mass is 638 g/mol. The van der Waals surface area contributed by atoms with Gasteiger partial charge in [0, 0.05) is 67.9 Å². The SMILES string of the molecule is COc1cc(C(=O)N2CC3CCC2C3N)cc2nc(-c3cc4ccc(-c5cnc(NC(C)=O)cc5Cl)nc4n3CC3CC3)n(C)c12. The van der Waals surface area contributed by atoms with Crippen LogP contribution in [0.4, 0.5) is 5.82 Å². The van der Waals surface area contributed by atoms with Crippen molar-refractivity contribution in [1.82, 2.24) is 29.0 Å². The third-order valence-electron chi connectivity index (χ3n) is 9.86. The molecule has 1 aliphatic heterocycles. The molecule has 0 radical (unpaired) electrons. The number of piperidine rings is 1. The average Bonchev–Trinajstić information content (AvgIpc) is 3.44. The van der Waals surface area contributed by atoms with Gasteiger partial charge in [0.2, 0.25) is 5.91 Å². The van der Waals surface area contributed by atoms with Crippen LogP contribution in [0, 0.1) is 11.8 Å². The highest BCUT2D eigenvalue weighted by Gasteiger charge is 2.47. The summed E-state index contributed by atoms with van der Waals surface area (Å²) in [6, 6.07) is 11.6. The minimum Gasteiger partial charge on any atom is -0.494 e. The normalized spacial score (nSPS) is 20.6. The van der Waals surface area contributed by atoms with E-state index in [1.54, 1.807) is 19.4 Å². The van der Waals surface area contributed by atoms with Gasteiger partial charge < -0.3 is 29.8 Å². The van der Waals surface area contributed by atoms with Crippen LogP contribution >= 0.6 is 11.6 Å². The molecule has 3 N–H and O–H groups in total. The number of rotatable bonds is 7. The molecule has 3 unspecified atom stereocenters. The fourth-order valence-electron chi connectivity index (χ4n) is 7.34. The van der Waals surface area contributed by atoms with Crippen molar-refractivity contribution in [2.24, 2.45) is 24.6 Å². The summed E-state index contributed by atoms with van der Waals surface area (Å²) >= 11 is 6.63. The number of anilines is 1. The Balaban J connectivity index is 1.21. The first-order valence-corrected chi connectivity index (χ1v) is 16.1. The van der Waals surface area contributed by atoms with Gasteiger partial charge in [-0.25, -0.2) is 15.0 Å². The minimum absolute atomic E-state index is 0.0205. The number of hydrogen-bond donors (Lipinski definition) is 2. The number of hydrogen-bond acceptors (Lipinski definition) is 7. The summed E-state index contributed by atoms with van der Waals surface area (Å²) in [7, 11) is 3.61. The molecular weight excluding hydrogens is 604 g/mol. The van der Waals surface area contributed by atoms with Gasteiger partial charge in [0.1, 0.15) is 22.7 Å². The highest BCUT2D eigenvalue weighted by atomic mass is 35.5. The summed E-state index contributed by atoms with van der Waals surface area (Å²) in [6.45, 7) is 2.94. The van der Waals surface area contributed by atoms with Crippen molar-refractivity contribution in [3.63, 3.8) is 0 Å². The number of carbonyl (C=O) groups excluding carboxylic acids is 2. The highest BCUT2D eigenvalue weighted by Crippen LogP contribution is 2.40. The van der Waals surface area contributed by atoms with Crippen molar-refractivity contribution in [1.29, 1.82) is 0 Å². The van der Waals surface area contributed by atoms with E-state index in [1.165, 1.54) is 19.8 Å². The van der Waals surface area contributed by atoms with E-state index < -0.39 is 0 Å². The first kappa shape index (κ1) is 29.0. The van der Waals surface area contributed by atoms with Crippen LogP contribution in [0.25, 0.3) is 44.8 Å². The van der Waals surface area contributed by atoms with Crippen molar-refractivity contribution in [3.05, 3.63) is 53.2 Å². The van der Waals surface area contributed by atoms with Crippen LogP contribution in [0.2, 0.25) is 5.02 Å². The molecule has 3 fully saturated rings.